The molecule has 1 aromatic rings. The highest BCUT2D eigenvalue weighted by Gasteiger charge is 2.19. The van der Waals surface area contributed by atoms with Gasteiger partial charge in [-0.2, -0.15) is 0 Å². The number of hydrogen-bond donors (Lipinski definition) is 0. The Balaban J connectivity index is 2.19. The van der Waals surface area contributed by atoms with E-state index in [9.17, 15) is 4.79 Å². The summed E-state index contributed by atoms with van der Waals surface area (Å²) in [5.41, 5.74) is 1.17. The number of benzene rings is 1. The number of rotatable bonds is 2. The van der Waals surface area contributed by atoms with Crippen molar-refractivity contribution in [3.8, 4) is 0 Å². The molecular weight excluding hydrogens is 296 g/mol. The van der Waals surface area contributed by atoms with Crippen molar-refractivity contribution in [3.63, 3.8) is 0 Å². The maximum Gasteiger partial charge on any atom is 0.156 e. The zero-order valence-electron chi connectivity index (χ0n) is 7.74. The predicted molar refractivity (Wildman–Crippen MR) is 68.2 cm³/mol. The molecule has 0 amide bonds. The van der Waals surface area contributed by atoms with Gasteiger partial charge in [-0.1, -0.05) is 23.7 Å². The molecule has 1 aliphatic heterocycles. The van der Waals surface area contributed by atoms with Gasteiger partial charge in [0.1, 0.15) is 0 Å². The molecule has 1 atom stereocenters. The Bertz CT molecular complexity index is 431. The van der Waals surface area contributed by atoms with Crippen LogP contribution in [-0.2, 0) is 4.79 Å². The quantitative estimate of drug-likeness (QED) is 0.755. The number of thioether (sulfide) groups is 1. The summed E-state index contributed by atoms with van der Waals surface area (Å²) in [6.07, 6.45) is 3.78. The van der Waals surface area contributed by atoms with E-state index in [2.05, 4.69) is 15.9 Å². The average molecular weight is 304 g/mol. The monoisotopic (exact) mass is 302 g/mol. The van der Waals surface area contributed by atoms with Gasteiger partial charge in [0.15, 0.2) is 6.29 Å². The highest BCUT2D eigenvalue weighted by molar-refractivity contribution is 9.10. The molecule has 2 rings (SSSR count). The van der Waals surface area contributed by atoms with Gasteiger partial charge in [0.2, 0.25) is 0 Å². The van der Waals surface area contributed by atoms with Crippen molar-refractivity contribution in [2.24, 2.45) is 0 Å². The van der Waals surface area contributed by atoms with E-state index in [1.807, 2.05) is 24.3 Å². The van der Waals surface area contributed by atoms with Crippen LogP contribution < -0.4 is 0 Å². The van der Waals surface area contributed by atoms with Crippen LogP contribution in [0.25, 0.3) is 0 Å². The Kier molecular flexibility index (Phi) is 3.54. The van der Waals surface area contributed by atoms with Crippen LogP contribution in [0.5, 0.6) is 0 Å². The van der Waals surface area contributed by atoms with Crippen LogP contribution in [0.1, 0.15) is 17.2 Å². The maximum atomic E-state index is 10.6. The molecule has 0 spiro atoms. The van der Waals surface area contributed by atoms with Crippen LogP contribution in [0.3, 0.4) is 0 Å². The summed E-state index contributed by atoms with van der Waals surface area (Å²) in [5.74, 6) is 0. The summed E-state index contributed by atoms with van der Waals surface area (Å²) in [6, 6.07) is 5.93. The molecule has 0 N–H and O–H groups in total. The van der Waals surface area contributed by atoms with Crippen LogP contribution in [0.15, 0.2) is 33.7 Å². The number of aldehydes is 1. The zero-order valence-corrected chi connectivity index (χ0v) is 10.9. The van der Waals surface area contributed by atoms with E-state index in [1.54, 1.807) is 11.8 Å². The molecule has 0 saturated heterocycles. The van der Waals surface area contributed by atoms with E-state index >= 15 is 0 Å². The van der Waals surface area contributed by atoms with Gasteiger partial charge in [-0.15, -0.1) is 11.8 Å². The van der Waals surface area contributed by atoms with Gasteiger partial charge in [0.25, 0.3) is 0 Å². The molecule has 1 nitrogen and oxygen atoms in total. The normalized spacial score (nSPS) is 20.1. The van der Waals surface area contributed by atoms with E-state index in [1.165, 1.54) is 5.56 Å². The van der Waals surface area contributed by atoms with E-state index in [0.29, 0.717) is 10.3 Å². The minimum absolute atomic E-state index is 0.329. The molecule has 1 unspecified atom stereocenters. The fourth-order valence-electron chi connectivity index (χ4n) is 1.48. The SMILES string of the molecule is O=CC1=CCC(c2ccc(Br)c(Cl)c2)S1. The van der Waals surface area contributed by atoms with Gasteiger partial charge >= 0.3 is 0 Å². The van der Waals surface area contributed by atoms with Crippen LogP contribution in [0.2, 0.25) is 5.02 Å². The minimum Gasteiger partial charge on any atom is -0.297 e. The number of carbonyl (C=O) groups excluding carboxylic acids is 1. The lowest BCUT2D eigenvalue weighted by atomic mass is 10.1. The summed E-state index contributed by atoms with van der Waals surface area (Å²) < 4.78 is 0.902. The Labute approximate surface area is 106 Å². The molecule has 0 fully saturated rings. The number of halogens is 2. The van der Waals surface area contributed by atoms with Gasteiger partial charge in [-0.3, -0.25) is 4.79 Å². The van der Waals surface area contributed by atoms with Crippen molar-refractivity contribution in [1.82, 2.24) is 0 Å². The second-order valence-corrected chi connectivity index (χ2v) is 5.78. The highest BCUT2D eigenvalue weighted by Crippen LogP contribution is 2.43. The van der Waals surface area contributed by atoms with E-state index < -0.39 is 0 Å². The molecule has 78 valence electrons. The molecule has 1 aromatic carbocycles. The third-order valence-corrected chi connectivity index (χ3v) is 4.76. The van der Waals surface area contributed by atoms with Crippen LogP contribution in [0.4, 0.5) is 0 Å². The first-order chi connectivity index (χ1) is 7.20. The third kappa shape index (κ3) is 2.47. The van der Waals surface area contributed by atoms with E-state index in [-0.39, 0.29) is 0 Å². The first-order valence-electron chi connectivity index (χ1n) is 4.47. The molecular formula is C11H8BrClOS. The minimum atomic E-state index is 0.329. The zero-order chi connectivity index (χ0) is 10.8. The lowest BCUT2D eigenvalue weighted by Crippen LogP contribution is -1.89. The van der Waals surface area contributed by atoms with Crippen molar-refractivity contribution in [2.45, 2.75) is 11.7 Å². The summed E-state index contributed by atoms with van der Waals surface area (Å²) in [4.78, 5) is 11.4. The van der Waals surface area contributed by atoms with Crippen LogP contribution in [-0.4, -0.2) is 6.29 Å². The van der Waals surface area contributed by atoms with Crippen molar-refractivity contribution in [3.05, 3.63) is 44.2 Å². The molecule has 0 bridgehead atoms. The number of hydrogen-bond acceptors (Lipinski definition) is 2. The van der Waals surface area contributed by atoms with Gasteiger partial charge in [0, 0.05) is 14.6 Å². The Morgan fingerprint density at radius 1 is 1.53 bits per heavy atom. The Hall–Kier alpha value is -0.250. The van der Waals surface area contributed by atoms with Gasteiger partial charge < -0.3 is 0 Å². The molecule has 0 aromatic heterocycles. The topological polar surface area (TPSA) is 17.1 Å². The van der Waals surface area contributed by atoms with Crippen LogP contribution >= 0.6 is 39.3 Å². The molecule has 1 heterocycles. The van der Waals surface area contributed by atoms with Gasteiger partial charge in [0.05, 0.1) is 5.02 Å². The van der Waals surface area contributed by atoms with Crippen molar-refractivity contribution >= 4 is 45.6 Å². The number of carbonyl (C=O) groups is 1. The predicted octanol–water partition coefficient (Wildman–Crippen LogP) is 4.36. The fourth-order valence-corrected chi connectivity index (χ4v) is 2.96. The van der Waals surface area contributed by atoms with Gasteiger partial charge in [-0.25, -0.2) is 0 Å². The summed E-state index contributed by atoms with van der Waals surface area (Å²) in [6.45, 7) is 0. The lowest BCUT2D eigenvalue weighted by molar-refractivity contribution is -0.104. The first kappa shape index (κ1) is 11.2. The molecule has 15 heavy (non-hydrogen) atoms. The highest BCUT2D eigenvalue weighted by atomic mass is 79.9. The molecule has 0 radical (unpaired) electrons. The summed E-state index contributed by atoms with van der Waals surface area (Å²) in [7, 11) is 0. The van der Waals surface area contributed by atoms with Crippen molar-refractivity contribution < 1.29 is 4.79 Å². The summed E-state index contributed by atoms with van der Waals surface area (Å²) >= 11 is 11.0. The largest absolute Gasteiger partial charge is 0.297 e. The molecule has 0 saturated carbocycles. The molecule has 4 heteroatoms. The smallest absolute Gasteiger partial charge is 0.156 e. The van der Waals surface area contributed by atoms with Crippen molar-refractivity contribution in [2.75, 3.05) is 0 Å². The summed E-state index contributed by atoms with van der Waals surface area (Å²) in [5, 5.41) is 1.04. The standard InChI is InChI=1S/C11H8BrClOS/c12-9-3-1-7(5-10(9)13)11-4-2-8(6-14)15-11/h1-3,5-6,11H,4H2. The Morgan fingerprint density at radius 3 is 2.93 bits per heavy atom. The second kappa shape index (κ2) is 4.73. The fraction of sp³-hybridized carbons (Fsp3) is 0.182. The molecule has 0 aliphatic carbocycles. The second-order valence-electron chi connectivity index (χ2n) is 3.24. The van der Waals surface area contributed by atoms with Gasteiger partial charge in [-0.05, 0) is 40.0 Å². The maximum absolute atomic E-state index is 10.6. The van der Waals surface area contributed by atoms with E-state index in [0.717, 1.165) is 22.1 Å². The van der Waals surface area contributed by atoms with Crippen LogP contribution in [0, 0.1) is 0 Å². The third-order valence-electron chi connectivity index (χ3n) is 2.24. The van der Waals surface area contributed by atoms with E-state index in [4.69, 9.17) is 11.6 Å². The number of allylic oxidation sites excluding steroid dienone is 2. The molecule has 1 aliphatic rings. The first-order valence-corrected chi connectivity index (χ1v) is 6.52. The Morgan fingerprint density at radius 2 is 2.33 bits per heavy atom. The lowest BCUT2D eigenvalue weighted by Gasteiger charge is -2.10. The average Bonchev–Trinajstić information content (AvgIpc) is 2.70. The van der Waals surface area contributed by atoms with Crippen molar-refractivity contribution in [1.29, 1.82) is 0 Å².